The predicted octanol–water partition coefficient (Wildman–Crippen LogP) is 4.68. The van der Waals surface area contributed by atoms with Crippen LogP contribution in [0.3, 0.4) is 0 Å². The Morgan fingerprint density at radius 1 is 1.09 bits per heavy atom. The molecule has 43 heavy (non-hydrogen) atoms. The summed E-state index contributed by atoms with van der Waals surface area (Å²) in [6.45, 7) is 14.0. The van der Waals surface area contributed by atoms with Crippen molar-refractivity contribution in [1.82, 2.24) is 0 Å². The molecule has 9 atom stereocenters. The second-order valence-electron chi connectivity index (χ2n) is 13.6. The van der Waals surface area contributed by atoms with E-state index in [0.717, 1.165) is 11.1 Å². The van der Waals surface area contributed by atoms with Crippen LogP contribution in [0.5, 0.6) is 0 Å². The van der Waals surface area contributed by atoms with E-state index >= 15 is 0 Å². The third-order valence-corrected chi connectivity index (χ3v) is 10.7. The van der Waals surface area contributed by atoms with Crippen molar-refractivity contribution in [3.05, 3.63) is 48.0 Å². The zero-order valence-electron chi connectivity index (χ0n) is 25.8. The van der Waals surface area contributed by atoms with Gasteiger partial charge in [-0.3, -0.25) is 14.4 Å². The average molecular weight is 597 g/mol. The average Bonchev–Trinajstić information content (AvgIpc) is 3.46. The van der Waals surface area contributed by atoms with Crippen LogP contribution in [0.25, 0.3) is 0 Å². The van der Waals surface area contributed by atoms with E-state index in [2.05, 4.69) is 13.5 Å². The second-order valence-corrected chi connectivity index (χ2v) is 13.6. The maximum absolute atomic E-state index is 14.6. The van der Waals surface area contributed by atoms with Gasteiger partial charge >= 0.3 is 23.9 Å². The van der Waals surface area contributed by atoms with Gasteiger partial charge in [0.1, 0.15) is 18.0 Å². The van der Waals surface area contributed by atoms with Crippen molar-refractivity contribution in [2.24, 2.45) is 39.9 Å². The molecule has 0 amide bonds. The summed E-state index contributed by atoms with van der Waals surface area (Å²) in [7, 11) is 1.20. The maximum Gasteiger partial charge on any atom is 0.347 e. The number of carbonyl (C=O) groups excluding carboxylic acids is 5. The number of furan rings is 1. The van der Waals surface area contributed by atoms with Crippen LogP contribution >= 0.6 is 0 Å². The van der Waals surface area contributed by atoms with Gasteiger partial charge in [-0.2, -0.15) is 0 Å². The molecule has 10 heteroatoms. The number of hydrogen-bond acceptors (Lipinski definition) is 10. The summed E-state index contributed by atoms with van der Waals surface area (Å²) in [5.74, 6) is -5.23. The molecule has 3 fully saturated rings. The van der Waals surface area contributed by atoms with E-state index in [9.17, 15) is 24.0 Å². The molecule has 4 aliphatic rings. The Hall–Kier alpha value is -3.69. The number of carbonyl (C=O) groups is 5. The number of ketones is 1. The summed E-state index contributed by atoms with van der Waals surface area (Å²) in [5.41, 5.74) is -0.979. The SMILES string of the molecule is C=C(C)C(=O)OC1C2C=C3C4CC(=O)OC(c5ccoc5)C4(C)CCC3C(C)(C2=O)C(C(OC(C)=O)C(=O)OC)C1(C)C. The molecule has 0 radical (unpaired) electrons. The zero-order chi connectivity index (χ0) is 31.6. The first kappa shape index (κ1) is 30.8. The Morgan fingerprint density at radius 2 is 1.79 bits per heavy atom. The molecule has 9 unspecified atom stereocenters. The van der Waals surface area contributed by atoms with E-state index < -0.39 is 64.3 Å². The Morgan fingerprint density at radius 3 is 2.37 bits per heavy atom. The van der Waals surface area contributed by atoms with Gasteiger partial charge in [-0.15, -0.1) is 0 Å². The molecule has 2 saturated carbocycles. The summed E-state index contributed by atoms with van der Waals surface area (Å²) < 4.78 is 28.0. The van der Waals surface area contributed by atoms with Gasteiger partial charge < -0.3 is 23.4 Å². The van der Waals surface area contributed by atoms with Crippen LogP contribution in [-0.2, 0) is 42.9 Å². The molecule has 1 saturated heterocycles. The Bertz CT molecular complexity index is 1400. The normalized spacial score (nSPS) is 36.6. The fourth-order valence-electron chi connectivity index (χ4n) is 8.83. The number of Topliss-reactive ketones (excluding diaryl/α,β-unsaturated/α-hetero) is 1. The first-order valence-corrected chi connectivity index (χ1v) is 14.7. The fourth-order valence-corrected chi connectivity index (χ4v) is 8.83. The number of esters is 4. The highest BCUT2D eigenvalue weighted by Gasteiger charge is 2.71. The lowest BCUT2D eigenvalue weighted by molar-refractivity contribution is -0.214. The molecule has 1 aliphatic heterocycles. The van der Waals surface area contributed by atoms with Crippen LogP contribution < -0.4 is 0 Å². The lowest BCUT2D eigenvalue weighted by atomic mass is 9.40. The summed E-state index contributed by atoms with van der Waals surface area (Å²) in [6.07, 6.45) is 3.28. The zero-order valence-corrected chi connectivity index (χ0v) is 25.8. The number of ether oxygens (including phenoxy) is 4. The standard InChI is InChI=1S/C33H40O10/c1-16(2)29(37)43-28-20-13-19-21(9-11-32(6)22(19)14-23(35)42-27(32)18-10-12-40-15-18)33(7,26(20)36)25(31(28,4)5)24(30(38)39-8)41-17(3)34/h10,12-13,15,20-22,24-25,27-28H,1,9,11,14H2,2-8H3. The second kappa shape index (κ2) is 10.5. The van der Waals surface area contributed by atoms with Crippen LogP contribution in [0.2, 0.25) is 0 Å². The maximum atomic E-state index is 14.6. The molecule has 0 spiro atoms. The number of hydrogen-bond donors (Lipinski definition) is 0. The summed E-state index contributed by atoms with van der Waals surface area (Å²) in [6, 6.07) is 1.79. The van der Waals surface area contributed by atoms with Gasteiger partial charge in [-0.25, -0.2) is 9.59 Å². The van der Waals surface area contributed by atoms with Gasteiger partial charge in [0, 0.05) is 40.2 Å². The molecule has 1 aromatic heterocycles. The summed E-state index contributed by atoms with van der Waals surface area (Å²) >= 11 is 0. The van der Waals surface area contributed by atoms with Crippen LogP contribution in [0, 0.1) is 39.9 Å². The number of fused-ring (bicyclic) bond motifs is 6. The smallest absolute Gasteiger partial charge is 0.347 e. The lowest BCUT2D eigenvalue weighted by Gasteiger charge is -2.64. The molecular weight excluding hydrogens is 556 g/mol. The van der Waals surface area contributed by atoms with E-state index in [1.54, 1.807) is 18.6 Å². The van der Waals surface area contributed by atoms with E-state index in [1.165, 1.54) is 21.0 Å². The van der Waals surface area contributed by atoms with E-state index in [4.69, 9.17) is 23.4 Å². The topological polar surface area (TPSA) is 135 Å². The van der Waals surface area contributed by atoms with Crippen LogP contribution in [0.1, 0.15) is 72.5 Å². The van der Waals surface area contributed by atoms with Crippen molar-refractivity contribution in [3.8, 4) is 0 Å². The minimum atomic E-state index is -1.44. The molecule has 2 bridgehead atoms. The molecule has 0 N–H and O–H groups in total. The van der Waals surface area contributed by atoms with Crippen LogP contribution in [0.4, 0.5) is 0 Å². The van der Waals surface area contributed by atoms with E-state index in [0.29, 0.717) is 12.8 Å². The summed E-state index contributed by atoms with van der Waals surface area (Å²) in [5, 5.41) is 0. The van der Waals surface area contributed by atoms with Crippen molar-refractivity contribution >= 4 is 29.7 Å². The largest absolute Gasteiger partial charge is 0.472 e. The van der Waals surface area contributed by atoms with E-state index in [-0.39, 0.29) is 35.6 Å². The highest BCUT2D eigenvalue weighted by atomic mass is 16.6. The molecule has 1 aromatic rings. The molecule has 232 valence electrons. The van der Waals surface area contributed by atoms with Crippen LogP contribution in [-0.4, -0.2) is 49.0 Å². The van der Waals surface area contributed by atoms with Crippen molar-refractivity contribution in [1.29, 1.82) is 0 Å². The Balaban J connectivity index is 1.72. The van der Waals surface area contributed by atoms with Crippen molar-refractivity contribution < 1.29 is 47.3 Å². The molecule has 5 rings (SSSR count). The van der Waals surface area contributed by atoms with Gasteiger partial charge in [-0.1, -0.05) is 45.9 Å². The number of allylic oxidation sites excluding steroid dienone is 1. The number of methoxy groups -OCH3 is 1. The quantitative estimate of drug-likeness (QED) is 0.197. The van der Waals surface area contributed by atoms with Crippen molar-refractivity contribution in [2.75, 3.05) is 7.11 Å². The third-order valence-electron chi connectivity index (χ3n) is 10.7. The highest BCUT2D eigenvalue weighted by molar-refractivity contribution is 5.95. The first-order valence-electron chi connectivity index (χ1n) is 14.7. The lowest BCUT2D eigenvalue weighted by Crippen LogP contribution is -2.69. The van der Waals surface area contributed by atoms with Gasteiger partial charge in [0.2, 0.25) is 6.10 Å². The number of rotatable bonds is 6. The minimum absolute atomic E-state index is 0.110. The van der Waals surface area contributed by atoms with Crippen molar-refractivity contribution in [3.63, 3.8) is 0 Å². The third kappa shape index (κ3) is 4.55. The van der Waals surface area contributed by atoms with Crippen molar-refractivity contribution in [2.45, 2.75) is 79.1 Å². The summed E-state index contributed by atoms with van der Waals surface area (Å²) in [4.78, 5) is 66.4. The minimum Gasteiger partial charge on any atom is -0.472 e. The fraction of sp³-hybridized carbons (Fsp3) is 0.606. The van der Waals surface area contributed by atoms with Crippen LogP contribution in [0.15, 0.2) is 46.8 Å². The molecule has 3 aliphatic carbocycles. The van der Waals surface area contributed by atoms with E-state index in [1.807, 2.05) is 26.8 Å². The van der Waals surface area contributed by atoms with Gasteiger partial charge in [0.05, 0.1) is 32.0 Å². The predicted molar refractivity (Wildman–Crippen MR) is 151 cm³/mol. The molecule has 0 aromatic carbocycles. The monoisotopic (exact) mass is 596 g/mol. The molecular formula is C33H40O10. The Kier molecular flexibility index (Phi) is 7.50. The Labute approximate surface area is 251 Å². The molecule has 2 heterocycles. The molecule has 10 nitrogen and oxygen atoms in total. The number of cyclic esters (lactones) is 1. The first-order chi connectivity index (χ1) is 20.1. The van der Waals surface area contributed by atoms with Gasteiger partial charge in [0.15, 0.2) is 0 Å². The highest BCUT2D eigenvalue weighted by Crippen LogP contribution is 2.68. The van der Waals surface area contributed by atoms with Gasteiger partial charge in [-0.05, 0) is 37.7 Å². The van der Waals surface area contributed by atoms with Gasteiger partial charge in [0.25, 0.3) is 0 Å².